The van der Waals surface area contributed by atoms with Crippen molar-refractivity contribution in [3.05, 3.63) is 30.3 Å². The highest BCUT2D eigenvalue weighted by atomic mass is 16.2. The van der Waals surface area contributed by atoms with Crippen molar-refractivity contribution >= 4 is 17.6 Å². The van der Waals surface area contributed by atoms with Crippen molar-refractivity contribution < 1.29 is 9.59 Å². The van der Waals surface area contributed by atoms with Crippen LogP contribution in [0.2, 0.25) is 0 Å². The monoisotopic (exact) mass is 260 g/mol. The van der Waals surface area contributed by atoms with Gasteiger partial charge in [0.15, 0.2) is 0 Å². The van der Waals surface area contributed by atoms with Crippen molar-refractivity contribution in [3.8, 4) is 0 Å². The minimum atomic E-state index is -0.495. The van der Waals surface area contributed by atoms with Crippen molar-refractivity contribution in [1.82, 2.24) is 4.90 Å². The number of anilines is 1. The first kappa shape index (κ1) is 13.6. The van der Waals surface area contributed by atoms with Gasteiger partial charge in [0.1, 0.15) is 0 Å². The zero-order valence-corrected chi connectivity index (χ0v) is 11.7. The van der Waals surface area contributed by atoms with Gasteiger partial charge in [0.2, 0.25) is 5.91 Å². The lowest BCUT2D eigenvalue weighted by Crippen LogP contribution is -2.53. The van der Waals surface area contributed by atoms with Crippen LogP contribution in [0.25, 0.3) is 0 Å². The molecule has 0 radical (unpaired) electrons. The van der Waals surface area contributed by atoms with Gasteiger partial charge in [-0.1, -0.05) is 18.2 Å². The number of urea groups is 1. The highest BCUT2D eigenvalue weighted by molar-refractivity contribution is 6.04. The van der Waals surface area contributed by atoms with Gasteiger partial charge in [-0.05, 0) is 39.3 Å². The summed E-state index contributed by atoms with van der Waals surface area (Å²) in [5.74, 6) is -0.0871. The summed E-state index contributed by atoms with van der Waals surface area (Å²) in [6.07, 6.45) is 1.12. The first-order valence-electron chi connectivity index (χ1n) is 6.61. The lowest BCUT2D eigenvalue weighted by molar-refractivity contribution is -0.131. The van der Waals surface area contributed by atoms with E-state index in [4.69, 9.17) is 0 Å². The third-order valence-corrected chi connectivity index (χ3v) is 3.18. The second-order valence-corrected chi connectivity index (χ2v) is 5.77. The molecule has 1 aliphatic heterocycles. The lowest BCUT2D eigenvalue weighted by Gasteiger charge is -2.35. The quantitative estimate of drug-likeness (QED) is 0.778. The number of imide groups is 1. The van der Waals surface area contributed by atoms with Crippen molar-refractivity contribution in [2.45, 2.75) is 39.2 Å². The fourth-order valence-corrected chi connectivity index (χ4v) is 2.33. The SMILES string of the molecule is CC(C)(C)N1C(=O)CCCN(c2ccccc2)C1=O. The van der Waals surface area contributed by atoms with Crippen LogP contribution in [0.3, 0.4) is 0 Å². The van der Waals surface area contributed by atoms with Crippen LogP contribution < -0.4 is 4.90 Å². The molecule has 0 N–H and O–H groups in total. The molecule has 19 heavy (non-hydrogen) atoms. The van der Waals surface area contributed by atoms with E-state index in [0.29, 0.717) is 19.4 Å². The van der Waals surface area contributed by atoms with Crippen LogP contribution >= 0.6 is 0 Å². The van der Waals surface area contributed by atoms with Crippen LogP contribution in [0.5, 0.6) is 0 Å². The smallest absolute Gasteiger partial charge is 0.294 e. The summed E-state index contributed by atoms with van der Waals surface area (Å²) in [4.78, 5) is 27.8. The average Bonchev–Trinajstić information content (AvgIpc) is 2.48. The number of amides is 3. The zero-order chi connectivity index (χ0) is 14.0. The summed E-state index contributed by atoms with van der Waals surface area (Å²) in [6.45, 7) is 6.24. The van der Waals surface area contributed by atoms with Gasteiger partial charge in [-0.15, -0.1) is 0 Å². The molecule has 1 aromatic carbocycles. The van der Waals surface area contributed by atoms with Gasteiger partial charge in [-0.3, -0.25) is 14.6 Å². The molecule has 0 atom stereocenters. The minimum Gasteiger partial charge on any atom is -0.294 e. The number of benzene rings is 1. The first-order chi connectivity index (χ1) is 8.91. The molecule has 0 spiro atoms. The van der Waals surface area contributed by atoms with E-state index in [9.17, 15) is 9.59 Å². The Hall–Kier alpha value is -1.84. The molecule has 2 rings (SSSR count). The molecule has 0 bridgehead atoms. The van der Waals surface area contributed by atoms with Crippen LogP contribution in [-0.2, 0) is 4.79 Å². The molecule has 1 aromatic rings. The number of carbonyl (C=O) groups is 2. The molecule has 1 heterocycles. The fourth-order valence-electron chi connectivity index (χ4n) is 2.33. The molecule has 4 nitrogen and oxygen atoms in total. The molecule has 0 aromatic heterocycles. The number of rotatable bonds is 1. The van der Waals surface area contributed by atoms with E-state index in [0.717, 1.165) is 5.69 Å². The van der Waals surface area contributed by atoms with Crippen molar-refractivity contribution in [3.63, 3.8) is 0 Å². The van der Waals surface area contributed by atoms with Gasteiger partial charge in [-0.2, -0.15) is 0 Å². The zero-order valence-electron chi connectivity index (χ0n) is 11.7. The number of para-hydroxylation sites is 1. The van der Waals surface area contributed by atoms with Gasteiger partial charge >= 0.3 is 6.03 Å². The van der Waals surface area contributed by atoms with Crippen molar-refractivity contribution in [2.24, 2.45) is 0 Å². The van der Waals surface area contributed by atoms with Gasteiger partial charge in [0.25, 0.3) is 0 Å². The number of carbonyl (C=O) groups excluding carboxylic acids is 2. The predicted molar refractivity (Wildman–Crippen MR) is 75.0 cm³/mol. The standard InChI is InChI=1S/C15H20N2O2/c1-15(2,3)17-13(18)10-7-11-16(14(17)19)12-8-5-4-6-9-12/h4-6,8-9H,7,10-11H2,1-3H3. The molecule has 0 aliphatic carbocycles. The Morgan fingerprint density at radius 1 is 1.05 bits per heavy atom. The Morgan fingerprint density at radius 2 is 1.68 bits per heavy atom. The first-order valence-corrected chi connectivity index (χ1v) is 6.61. The Bertz CT molecular complexity index is 477. The van der Waals surface area contributed by atoms with Gasteiger partial charge in [-0.25, -0.2) is 4.79 Å². The Morgan fingerprint density at radius 3 is 2.26 bits per heavy atom. The number of hydrogen-bond acceptors (Lipinski definition) is 2. The van der Waals surface area contributed by atoms with Crippen LogP contribution in [0, 0.1) is 0 Å². The fraction of sp³-hybridized carbons (Fsp3) is 0.467. The molecule has 0 saturated carbocycles. The minimum absolute atomic E-state index is 0.0871. The molecule has 0 unspecified atom stereocenters. The van der Waals surface area contributed by atoms with E-state index in [1.807, 2.05) is 51.1 Å². The van der Waals surface area contributed by atoms with Crippen LogP contribution in [0.1, 0.15) is 33.6 Å². The van der Waals surface area contributed by atoms with E-state index in [1.165, 1.54) is 4.90 Å². The van der Waals surface area contributed by atoms with Gasteiger partial charge in [0.05, 0.1) is 0 Å². The molecule has 4 heteroatoms. The van der Waals surface area contributed by atoms with E-state index < -0.39 is 5.54 Å². The maximum absolute atomic E-state index is 12.6. The topological polar surface area (TPSA) is 40.6 Å². The highest BCUT2D eigenvalue weighted by Crippen LogP contribution is 2.25. The van der Waals surface area contributed by atoms with Crippen molar-refractivity contribution in [1.29, 1.82) is 0 Å². The largest absolute Gasteiger partial charge is 0.331 e. The molecular weight excluding hydrogens is 240 g/mol. The molecule has 1 aliphatic rings. The molecule has 102 valence electrons. The van der Waals surface area contributed by atoms with Crippen LogP contribution in [0.15, 0.2) is 30.3 Å². The van der Waals surface area contributed by atoms with E-state index in [-0.39, 0.29) is 11.9 Å². The summed E-state index contributed by atoms with van der Waals surface area (Å²) < 4.78 is 0. The van der Waals surface area contributed by atoms with E-state index in [1.54, 1.807) is 4.90 Å². The summed E-state index contributed by atoms with van der Waals surface area (Å²) in [7, 11) is 0. The molecule has 1 fully saturated rings. The summed E-state index contributed by atoms with van der Waals surface area (Å²) in [6, 6.07) is 9.29. The summed E-state index contributed by atoms with van der Waals surface area (Å²) >= 11 is 0. The Labute approximate surface area is 114 Å². The van der Waals surface area contributed by atoms with Gasteiger partial charge in [0, 0.05) is 24.2 Å². The van der Waals surface area contributed by atoms with Crippen LogP contribution in [-0.4, -0.2) is 28.9 Å². The Balaban J connectivity index is 2.37. The number of hydrogen-bond donors (Lipinski definition) is 0. The molecule has 3 amide bonds. The lowest BCUT2D eigenvalue weighted by atomic mass is 10.1. The Kier molecular flexibility index (Phi) is 3.60. The van der Waals surface area contributed by atoms with E-state index in [2.05, 4.69) is 0 Å². The average molecular weight is 260 g/mol. The number of nitrogens with zero attached hydrogens (tertiary/aromatic N) is 2. The molecular formula is C15H20N2O2. The summed E-state index contributed by atoms with van der Waals surface area (Å²) in [5.41, 5.74) is 0.349. The third-order valence-electron chi connectivity index (χ3n) is 3.18. The van der Waals surface area contributed by atoms with Gasteiger partial charge < -0.3 is 0 Å². The highest BCUT2D eigenvalue weighted by Gasteiger charge is 2.37. The summed E-state index contributed by atoms with van der Waals surface area (Å²) in [5, 5.41) is 0. The van der Waals surface area contributed by atoms with E-state index >= 15 is 0 Å². The third kappa shape index (κ3) is 2.78. The predicted octanol–water partition coefficient (Wildman–Crippen LogP) is 3.03. The second kappa shape index (κ2) is 5.03. The van der Waals surface area contributed by atoms with Crippen molar-refractivity contribution in [2.75, 3.05) is 11.4 Å². The van der Waals surface area contributed by atoms with Crippen LogP contribution in [0.4, 0.5) is 10.5 Å². The normalized spacial score (nSPS) is 17.6. The maximum Gasteiger partial charge on any atom is 0.331 e. The molecule has 1 saturated heterocycles. The maximum atomic E-state index is 12.6. The second-order valence-electron chi connectivity index (χ2n) is 5.77.